The highest BCUT2D eigenvalue weighted by molar-refractivity contribution is 7.09. The largest absolute Gasteiger partial charge is 0.481 e. The second kappa shape index (κ2) is 20.3. The van der Waals surface area contributed by atoms with Gasteiger partial charge in [0.25, 0.3) is 5.91 Å². The Kier molecular flexibility index (Phi) is 16.5. The molecule has 2 aromatic rings. The van der Waals surface area contributed by atoms with Crippen LogP contribution in [0.4, 0.5) is 0 Å². The van der Waals surface area contributed by atoms with Crippen molar-refractivity contribution in [2.45, 2.75) is 123 Å². The van der Waals surface area contributed by atoms with Crippen molar-refractivity contribution < 1.29 is 33.8 Å². The van der Waals surface area contributed by atoms with E-state index >= 15 is 0 Å². The van der Waals surface area contributed by atoms with Gasteiger partial charge < -0.3 is 25.8 Å². The van der Waals surface area contributed by atoms with Crippen LogP contribution in [0.5, 0.6) is 0 Å². The number of carboxylic acids is 1. The van der Waals surface area contributed by atoms with Crippen LogP contribution in [-0.2, 0) is 30.3 Å². The first-order valence-corrected chi connectivity index (χ1v) is 19.1. The van der Waals surface area contributed by atoms with Crippen LogP contribution in [0.3, 0.4) is 0 Å². The Bertz CT molecular complexity index is 1450. The zero-order chi connectivity index (χ0) is 37.7. The first-order chi connectivity index (χ1) is 24.2. The highest BCUT2D eigenvalue weighted by Gasteiger charge is 2.35. The number of aromatic nitrogens is 1. The van der Waals surface area contributed by atoms with Gasteiger partial charge in [-0.15, -0.1) is 11.3 Å². The lowest BCUT2D eigenvalue weighted by Gasteiger charge is -2.34. The number of hydrogen-bond acceptors (Lipinski definition) is 9. The average molecular weight is 728 g/mol. The molecule has 0 radical (unpaired) electrons. The third-order valence-corrected chi connectivity index (χ3v) is 10.7. The van der Waals surface area contributed by atoms with E-state index in [1.165, 1.54) is 11.3 Å². The van der Waals surface area contributed by atoms with Crippen molar-refractivity contribution in [2.24, 2.45) is 17.8 Å². The number of thiazole rings is 1. The number of rotatable bonds is 19. The van der Waals surface area contributed by atoms with E-state index in [0.717, 1.165) is 31.4 Å². The molecule has 1 aliphatic rings. The van der Waals surface area contributed by atoms with Gasteiger partial charge in [0.15, 0.2) is 6.10 Å². The number of carbonyl (C=O) groups excluding carboxylic acids is 4. The molecule has 7 unspecified atom stereocenters. The topological polar surface area (TPSA) is 167 Å². The Hall–Kier alpha value is -3.84. The van der Waals surface area contributed by atoms with Gasteiger partial charge in [0.1, 0.15) is 16.7 Å². The first-order valence-electron chi connectivity index (χ1n) is 18.3. The molecule has 1 saturated heterocycles. The molecule has 0 spiro atoms. The summed E-state index contributed by atoms with van der Waals surface area (Å²) in [5, 5.41) is 20.7. The summed E-state index contributed by atoms with van der Waals surface area (Å²) in [6, 6.07) is 7.62. The Balaban J connectivity index is 1.79. The predicted octanol–water partition coefficient (Wildman–Crippen LogP) is 5.14. The minimum atomic E-state index is -0.944. The summed E-state index contributed by atoms with van der Waals surface area (Å²) in [7, 11) is 1.94. The van der Waals surface area contributed by atoms with Crippen molar-refractivity contribution in [1.82, 2.24) is 25.8 Å². The number of benzene rings is 1. The molecule has 12 nitrogen and oxygen atoms in total. The van der Waals surface area contributed by atoms with Gasteiger partial charge in [-0.05, 0) is 56.7 Å². The van der Waals surface area contributed by atoms with E-state index in [4.69, 9.17) is 4.74 Å². The minimum absolute atomic E-state index is 0.0627. The van der Waals surface area contributed by atoms with Gasteiger partial charge in [-0.3, -0.25) is 28.9 Å². The highest BCUT2D eigenvalue weighted by atomic mass is 32.1. The number of esters is 1. The molecule has 282 valence electrons. The van der Waals surface area contributed by atoms with E-state index in [-0.39, 0.29) is 54.6 Å². The van der Waals surface area contributed by atoms with Crippen LogP contribution in [-0.4, -0.2) is 82.4 Å². The van der Waals surface area contributed by atoms with Gasteiger partial charge in [-0.1, -0.05) is 84.7 Å². The third-order valence-electron chi connectivity index (χ3n) is 9.78. The first kappa shape index (κ1) is 41.6. The molecule has 0 aliphatic carbocycles. The lowest BCUT2D eigenvalue weighted by atomic mass is 9.94. The highest BCUT2D eigenvalue weighted by Crippen LogP contribution is 2.29. The average Bonchev–Trinajstić information content (AvgIpc) is 3.60. The molecule has 1 aromatic carbocycles. The molecule has 0 saturated carbocycles. The molecule has 1 fully saturated rings. The van der Waals surface area contributed by atoms with Crippen molar-refractivity contribution in [3.63, 3.8) is 0 Å². The summed E-state index contributed by atoms with van der Waals surface area (Å²) in [6.07, 6.45) is 3.63. The fourth-order valence-electron chi connectivity index (χ4n) is 6.22. The smallest absolute Gasteiger partial charge is 0.306 e. The maximum Gasteiger partial charge on any atom is 0.306 e. The number of carboxylic acid groups (broad SMARTS) is 1. The zero-order valence-corrected chi connectivity index (χ0v) is 32.0. The third kappa shape index (κ3) is 12.7. The van der Waals surface area contributed by atoms with E-state index in [9.17, 15) is 29.1 Å². The number of carbonyl (C=O) groups is 5. The number of hydrogen-bond donors (Lipinski definition) is 4. The van der Waals surface area contributed by atoms with Gasteiger partial charge in [0, 0.05) is 30.3 Å². The Labute approximate surface area is 306 Å². The Morgan fingerprint density at radius 1 is 1.00 bits per heavy atom. The number of aliphatic carboxylic acids is 1. The molecular weight excluding hydrogens is 671 g/mol. The summed E-state index contributed by atoms with van der Waals surface area (Å²) in [6.45, 7) is 12.0. The maximum absolute atomic E-state index is 13.9. The SMILES string of the molecule is CCC(=O)OC(CC(NC(=O)C(NC(=O)C1CCCCN1C)C(C)CC)C(C)C)c1nc(C(=O)NC(Cc2ccccc2)CC(C)C(=O)O)cs1. The number of likely N-dealkylation sites (tertiary alicyclic amines) is 1. The summed E-state index contributed by atoms with van der Waals surface area (Å²) in [5.74, 6) is -3.14. The van der Waals surface area contributed by atoms with Crippen molar-refractivity contribution in [1.29, 1.82) is 0 Å². The lowest BCUT2D eigenvalue weighted by Crippen LogP contribution is -2.57. The van der Waals surface area contributed by atoms with Crippen LogP contribution < -0.4 is 16.0 Å². The van der Waals surface area contributed by atoms with E-state index in [0.29, 0.717) is 17.8 Å². The molecule has 0 bridgehead atoms. The predicted molar refractivity (Wildman–Crippen MR) is 197 cm³/mol. The summed E-state index contributed by atoms with van der Waals surface area (Å²) in [5.41, 5.74) is 1.09. The molecule has 1 aliphatic heterocycles. The van der Waals surface area contributed by atoms with Gasteiger partial charge in [-0.25, -0.2) is 4.98 Å². The zero-order valence-electron chi connectivity index (χ0n) is 31.1. The Morgan fingerprint density at radius 3 is 2.31 bits per heavy atom. The fourth-order valence-corrected chi connectivity index (χ4v) is 7.06. The molecule has 7 atom stereocenters. The minimum Gasteiger partial charge on any atom is -0.481 e. The van der Waals surface area contributed by atoms with E-state index in [2.05, 4.69) is 20.9 Å². The summed E-state index contributed by atoms with van der Waals surface area (Å²) < 4.78 is 5.85. The summed E-state index contributed by atoms with van der Waals surface area (Å²) in [4.78, 5) is 71.5. The second-order valence-corrected chi connectivity index (χ2v) is 15.1. The molecule has 3 amide bonds. The van der Waals surface area contributed by atoms with Crippen molar-refractivity contribution in [2.75, 3.05) is 13.6 Å². The van der Waals surface area contributed by atoms with Gasteiger partial charge in [-0.2, -0.15) is 0 Å². The number of nitrogens with zero attached hydrogens (tertiary/aromatic N) is 2. The van der Waals surface area contributed by atoms with Crippen LogP contribution in [0.1, 0.15) is 114 Å². The van der Waals surface area contributed by atoms with Crippen molar-refractivity contribution in [3.05, 3.63) is 52.0 Å². The molecular formula is C38H57N5O7S. The van der Waals surface area contributed by atoms with Crippen LogP contribution >= 0.6 is 11.3 Å². The van der Waals surface area contributed by atoms with Gasteiger partial charge in [0.2, 0.25) is 11.8 Å². The molecule has 51 heavy (non-hydrogen) atoms. The maximum atomic E-state index is 13.9. The van der Waals surface area contributed by atoms with Crippen molar-refractivity contribution >= 4 is 41.0 Å². The fraction of sp³-hybridized carbons (Fsp3) is 0.632. The molecule has 4 N–H and O–H groups in total. The quantitative estimate of drug-likeness (QED) is 0.143. The monoisotopic (exact) mass is 727 g/mol. The van der Waals surface area contributed by atoms with Gasteiger partial charge in [0.05, 0.1) is 12.0 Å². The number of ether oxygens (including phenoxy) is 1. The van der Waals surface area contributed by atoms with E-state index < -0.39 is 48.0 Å². The Morgan fingerprint density at radius 2 is 1.71 bits per heavy atom. The van der Waals surface area contributed by atoms with Crippen LogP contribution in [0, 0.1) is 17.8 Å². The van der Waals surface area contributed by atoms with Gasteiger partial charge >= 0.3 is 11.9 Å². The van der Waals surface area contributed by atoms with E-state index in [1.54, 1.807) is 19.2 Å². The lowest BCUT2D eigenvalue weighted by molar-refractivity contribution is -0.150. The van der Waals surface area contributed by atoms with Crippen LogP contribution in [0.25, 0.3) is 0 Å². The number of likely N-dealkylation sites (N-methyl/N-ethyl adjacent to an activating group) is 1. The van der Waals surface area contributed by atoms with Crippen LogP contribution in [0.15, 0.2) is 35.7 Å². The van der Waals surface area contributed by atoms with Crippen LogP contribution in [0.2, 0.25) is 0 Å². The van der Waals surface area contributed by atoms with Crippen molar-refractivity contribution in [3.8, 4) is 0 Å². The van der Waals surface area contributed by atoms with E-state index in [1.807, 2.05) is 70.0 Å². The standard InChI is InChI=1S/C38H57N5O7S/c1-8-24(5)33(42-35(46)30-17-13-14-18-43(30)7)36(47)40-28(23(3)4)21-31(50-32(44)9-2)37-41-29(22-51-37)34(45)39-27(19-25(6)38(48)49)20-26-15-11-10-12-16-26/h10-12,15-16,22-25,27-28,30-31,33H,8-9,13-14,17-21H2,1-7H3,(H,39,45)(H,40,47)(H,42,46)(H,48,49). The number of nitrogens with one attached hydrogen (secondary N) is 3. The number of piperidine rings is 1. The molecule has 3 rings (SSSR count). The normalized spacial score (nSPS) is 18.5. The molecule has 1 aromatic heterocycles. The number of amides is 3. The summed E-state index contributed by atoms with van der Waals surface area (Å²) >= 11 is 1.18. The molecule has 13 heteroatoms. The second-order valence-electron chi connectivity index (χ2n) is 14.2. The molecule has 2 heterocycles.